The Morgan fingerprint density at radius 3 is 2.32 bits per heavy atom. The van der Waals surface area contributed by atoms with Gasteiger partial charge >= 0.3 is 0 Å². The third kappa shape index (κ3) is 5.19. The molecule has 28 heavy (non-hydrogen) atoms. The van der Waals surface area contributed by atoms with Crippen molar-refractivity contribution in [1.29, 1.82) is 0 Å². The predicted octanol–water partition coefficient (Wildman–Crippen LogP) is 3.82. The van der Waals surface area contributed by atoms with Gasteiger partial charge in [0, 0.05) is 26.2 Å². The van der Waals surface area contributed by atoms with Crippen LogP contribution in [0, 0.1) is 11.8 Å². The van der Waals surface area contributed by atoms with E-state index in [1.807, 2.05) is 31.2 Å². The van der Waals surface area contributed by atoms with E-state index in [1.54, 1.807) is 0 Å². The van der Waals surface area contributed by atoms with Gasteiger partial charge in [0.15, 0.2) is 11.5 Å². The fraction of sp³-hybridized carbons (Fsp3) is 0.696. The minimum Gasteiger partial charge on any atom is -0.490 e. The number of carbonyl (C=O) groups excluding carboxylic acids is 1. The van der Waals surface area contributed by atoms with Crippen LogP contribution in [0.5, 0.6) is 11.5 Å². The molecule has 0 N–H and O–H groups in total. The van der Waals surface area contributed by atoms with Crippen LogP contribution in [0.15, 0.2) is 24.3 Å². The molecule has 0 radical (unpaired) electrons. The number of hydrogen-bond acceptors (Lipinski definition) is 4. The van der Waals surface area contributed by atoms with E-state index < -0.39 is 0 Å². The Balaban J connectivity index is 1.51. The highest BCUT2D eigenvalue weighted by Crippen LogP contribution is 2.30. The molecule has 2 fully saturated rings. The fourth-order valence-corrected chi connectivity index (χ4v) is 4.65. The number of carbonyl (C=O) groups is 1. The van der Waals surface area contributed by atoms with Gasteiger partial charge in [-0.1, -0.05) is 26.0 Å². The van der Waals surface area contributed by atoms with E-state index in [0.717, 1.165) is 50.5 Å². The minimum absolute atomic E-state index is 0.0471. The number of benzene rings is 1. The molecule has 2 aliphatic rings. The molecule has 2 aliphatic heterocycles. The summed E-state index contributed by atoms with van der Waals surface area (Å²) in [5.41, 5.74) is 0. The highest BCUT2D eigenvalue weighted by Gasteiger charge is 2.33. The first-order valence-electron chi connectivity index (χ1n) is 10.9. The van der Waals surface area contributed by atoms with Crippen LogP contribution < -0.4 is 9.47 Å². The Morgan fingerprint density at radius 1 is 1.11 bits per heavy atom. The highest BCUT2D eigenvalue weighted by molar-refractivity contribution is 5.81. The van der Waals surface area contributed by atoms with E-state index in [1.165, 1.54) is 6.42 Å². The molecule has 3 unspecified atom stereocenters. The third-order valence-corrected chi connectivity index (χ3v) is 6.00. The lowest BCUT2D eigenvalue weighted by Gasteiger charge is -2.40. The van der Waals surface area contributed by atoms with Gasteiger partial charge in [-0.05, 0) is 57.1 Å². The van der Waals surface area contributed by atoms with Gasteiger partial charge in [-0.2, -0.15) is 0 Å². The van der Waals surface area contributed by atoms with Crippen molar-refractivity contribution in [2.75, 3.05) is 32.8 Å². The number of likely N-dealkylation sites (tertiary alicyclic amines) is 2. The molecule has 1 amide bonds. The molecule has 0 aliphatic carbocycles. The van der Waals surface area contributed by atoms with Crippen molar-refractivity contribution in [3.05, 3.63) is 24.3 Å². The number of rotatable bonds is 6. The first kappa shape index (κ1) is 21.0. The minimum atomic E-state index is -0.0471. The summed E-state index contributed by atoms with van der Waals surface area (Å²) in [7, 11) is 0. The number of nitrogens with zero attached hydrogens (tertiary/aromatic N) is 2. The lowest BCUT2D eigenvalue weighted by atomic mass is 9.91. The summed E-state index contributed by atoms with van der Waals surface area (Å²) in [5.74, 6) is 3.13. The van der Waals surface area contributed by atoms with Gasteiger partial charge in [0.25, 0.3) is 0 Å². The van der Waals surface area contributed by atoms with Gasteiger partial charge in [-0.25, -0.2) is 0 Å². The maximum absolute atomic E-state index is 13.0. The van der Waals surface area contributed by atoms with Crippen LogP contribution in [0.25, 0.3) is 0 Å². The van der Waals surface area contributed by atoms with Crippen LogP contribution in [-0.2, 0) is 4.79 Å². The molecule has 0 spiro atoms. The van der Waals surface area contributed by atoms with Gasteiger partial charge < -0.3 is 14.4 Å². The molecule has 156 valence electrons. The largest absolute Gasteiger partial charge is 0.490 e. The standard InChI is InChI=1S/C23H36N2O3/c1-5-27-21-8-6-7-9-22(21)28-20-10-12-24(13-11-20)19(4)23(26)25-15-17(2)14-18(3)16-25/h6-9,17-20H,5,10-16H2,1-4H3. The fourth-order valence-electron chi connectivity index (χ4n) is 4.65. The topological polar surface area (TPSA) is 42.0 Å². The first-order valence-corrected chi connectivity index (χ1v) is 10.9. The number of hydrogen-bond donors (Lipinski definition) is 0. The Labute approximate surface area is 170 Å². The van der Waals surface area contributed by atoms with Crippen LogP contribution in [-0.4, -0.2) is 60.6 Å². The van der Waals surface area contributed by atoms with Crippen LogP contribution >= 0.6 is 0 Å². The molecular weight excluding hydrogens is 352 g/mol. The van der Waals surface area contributed by atoms with Crippen molar-refractivity contribution in [1.82, 2.24) is 9.80 Å². The molecule has 2 saturated heterocycles. The summed E-state index contributed by atoms with van der Waals surface area (Å²) >= 11 is 0. The summed E-state index contributed by atoms with van der Waals surface area (Å²) in [6, 6.07) is 7.83. The second-order valence-corrected chi connectivity index (χ2v) is 8.60. The molecule has 1 aromatic carbocycles. The van der Waals surface area contributed by atoms with E-state index in [-0.39, 0.29) is 12.1 Å². The lowest BCUT2D eigenvalue weighted by Crippen LogP contribution is -2.53. The van der Waals surface area contributed by atoms with Crippen LogP contribution in [0.2, 0.25) is 0 Å². The first-order chi connectivity index (χ1) is 13.5. The molecule has 3 atom stereocenters. The third-order valence-electron chi connectivity index (χ3n) is 6.00. The zero-order valence-electron chi connectivity index (χ0n) is 17.9. The lowest BCUT2D eigenvalue weighted by molar-refractivity contribution is -0.139. The number of ether oxygens (including phenoxy) is 2. The molecule has 5 nitrogen and oxygen atoms in total. The molecule has 5 heteroatoms. The van der Waals surface area contributed by atoms with Gasteiger partial charge in [0.2, 0.25) is 5.91 Å². The molecule has 3 rings (SSSR count). The van der Waals surface area contributed by atoms with E-state index >= 15 is 0 Å². The normalized spacial score (nSPS) is 25.4. The second kappa shape index (κ2) is 9.64. The van der Waals surface area contributed by atoms with Gasteiger partial charge in [0.05, 0.1) is 12.6 Å². The Bertz CT molecular complexity index is 632. The zero-order chi connectivity index (χ0) is 20.1. The average molecular weight is 389 g/mol. The number of piperidine rings is 2. The maximum Gasteiger partial charge on any atom is 0.239 e. The van der Waals surface area contributed by atoms with Gasteiger partial charge in [0.1, 0.15) is 6.10 Å². The highest BCUT2D eigenvalue weighted by atomic mass is 16.5. The summed E-state index contributed by atoms with van der Waals surface area (Å²) in [4.78, 5) is 17.4. The Hall–Kier alpha value is -1.75. The Morgan fingerprint density at radius 2 is 1.71 bits per heavy atom. The number of para-hydroxylation sites is 2. The molecular formula is C23H36N2O3. The van der Waals surface area contributed by atoms with Crippen molar-refractivity contribution < 1.29 is 14.3 Å². The molecule has 2 heterocycles. The summed E-state index contributed by atoms with van der Waals surface area (Å²) in [6.07, 6.45) is 3.27. The van der Waals surface area contributed by atoms with Crippen molar-refractivity contribution in [3.63, 3.8) is 0 Å². The van der Waals surface area contributed by atoms with Gasteiger partial charge in [-0.3, -0.25) is 9.69 Å². The SMILES string of the molecule is CCOc1ccccc1OC1CCN(C(C)C(=O)N2CC(C)CC(C)C2)CC1. The zero-order valence-corrected chi connectivity index (χ0v) is 17.9. The van der Waals surface area contributed by atoms with E-state index in [4.69, 9.17) is 9.47 Å². The summed E-state index contributed by atoms with van der Waals surface area (Å²) in [6.45, 7) is 12.8. The second-order valence-electron chi connectivity index (χ2n) is 8.60. The van der Waals surface area contributed by atoms with Crippen molar-refractivity contribution in [2.24, 2.45) is 11.8 Å². The van der Waals surface area contributed by atoms with Crippen molar-refractivity contribution in [2.45, 2.75) is 59.1 Å². The quantitative estimate of drug-likeness (QED) is 0.743. The molecule has 0 aromatic heterocycles. The van der Waals surface area contributed by atoms with E-state index in [0.29, 0.717) is 24.3 Å². The Kier molecular flexibility index (Phi) is 7.22. The molecule has 0 saturated carbocycles. The predicted molar refractivity (Wildman–Crippen MR) is 112 cm³/mol. The molecule has 1 aromatic rings. The molecule has 0 bridgehead atoms. The van der Waals surface area contributed by atoms with Crippen molar-refractivity contribution in [3.8, 4) is 11.5 Å². The van der Waals surface area contributed by atoms with Crippen LogP contribution in [0.4, 0.5) is 0 Å². The number of amides is 1. The van der Waals surface area contributed by atoms with Crippen LogP contribution in [0.1, 0.15) is 47.0 Å². The average Bonchev–Trinajstić information content (AvgIpc) is 2.68. The monoisotopic (exact) mass is 388 g/mol. The smallest absolute Gasteiger partial charge is 0.239 e. The van der Waals surface area contributed by atoms with E-state index in [2.05, 4.69) is 30.6 Å². The van der Waals surface area contributed by atoms with Gasteiger partial charge in [-0.15, -0.1) is 0 Å². The van der Waals surface area contributed by atoms with E-state index in [9.17, 15) is 4.79 Å². The summed E-state index contributed by atoms with van der Waals surface area (Å²) < 4.78 is 11.9. The van der Waals surface area contributed by atoms with Crippen molar-refractivity contribution >= 4 is 5.91 Å². The maximum atomic E-state index is 13.0. The van der Waals surface area contributed by atoms with Crippen LogP contribution in [0.3, 0.4) is 0 Å². The summed E-state index contributed by atoms with van der Waals surface area (Å²) in [5, 5.41) is 0.